The molecule has 0 saturated carbocycles. The van der Waals surface area contributed by atoms with Gasteiger partial charge in [0.2, 0.25) is 0 Å². The lowest BCUT2D eigenvalue weighted by atomic mass is 10.2. The van der Waals surface area contributed by atoms with E-state index in [1.165, 1.54) is 0 Å². The summed E-state index contributed by atoms with van der Waals surface area (Å²) in [7, 11) is 0. The Morgan fingerprint density at radius 3 is 2.44 bits per heavy atom. The van der Waals surface area contributed by atoms with E-state index in [9.17, 15) is 9.59 Å². The number of carbonyl (C=O) groups is 2. The first-order valence-electron chi connectivity index (χ1n) is 4.65. The van der Waals surface area contributed by atoms with Crippen LogP contribution in [-0.2, 0) is 11.3 Å². The number of halogens is 1. The van der Waals surface area contributed by atoms with Gasteiger partial charge in [0.15, 0.2) is 0 Å². The average molecular weight is 242 g/mol. The van der Waals surface area contributed by atoms with Crippen molar-refractivity contribution in [1.29, 1.82) is 0 Å². The van der Waals surface area contributed by atoms with Crippen molar-refractivity contribution in [3.63, 3.8) is 0 Å². The van der Waals surface area contributed by atoms with Gasteiger partial charge in [0.05, 0.1) is 0 Å². The van der Waals surface area contributed by atoms with Crippen molar-refractivity contribution >= 4 is 23.5 Å². The van der Waals surface area contributed by atoms with E-state index in [4.69, 9.17) is 11.6 Å². The molecular weight excluding hydrogens is 230 g/mol. The Labute approximate surface area is 98.1 Å². The van der Waals surface area contributed by atoms with Gasteiger partial charge in [0.25, 0.3) is 5.91 Å². The van der Waals surface area contributed by atoms with Gasteiger partial charge >= 0.3 is 6.03 Å². The van der Waals surface area contributed by atoms with E-state index in [1.54, 1.807) is 0 Å². The van der Waals surface area contributed by atoms with Gasteiger partial charge in [0.1, 0.15) is 5.88 Å². The van der Waals surface area contributed by atoms with Crippen LogP contribution in [0, 0.1) is 0 Å². The van der Waals surface area contributed by atoms with Crippen LogP contribution in [-0.4, -0.2) is 17.8 Å². The number of hydrogen-bond acceptors (Lipinski definition) is 2. The van der Waals surface area contributed by atoms with Crippen molar-refractivity contribution in [3.05, 3.63) is 35.9 Å². The average Bonchev–Trinajstić information content (AvgIpc) is 2.34. The van der Waals surface area contributed by atoms with Crippen LogP contribution in [0.4, 0.5) is 4.79 Å². The Hall–Kier alpha value is -1.75. The van der Waals surface area contributed by atoms with Gasteiger partial charge in [-0.1, -0.05) is 30.3 Å². The summed E-state index contributed by atoms with van der Waals surface area (Å²) in [6.07, 6.45) is 0. The Morgan fingerprint density at radius 1 is 1.12 bits per heavy atom. The summed E-state index contributed by atoms with van der Waals surface area (Å²) in [6, 6.07) is 8.94. The van der Waals surface area contributed by atoms with Gasteiger partial charge in [-0.05, 0) is 5.56 Å². The molecule has 0 unspecified atom stereocenters. The highest BCUT2D eigenvalue weighted by molar-refractivity contribution is 6.27. The molecular formula is C10H12ClN3O2. The van der Waals surface area contributed by atoms with Gasteiger partial charge in [-0.25, -0.2) is 10.2 Å². The highest BCUT2D eigenvalue weighted by atomic mass is 35.5. The maximum absolute atomic E-state index is 11.2. The second-order valence-electron chi connectivity index (χ2n) is 2.98. The molecule has 0 aliphatic rings. The summed E-state index contributed by atoms with van der Waals surface area (Å²) < 4.78 is 0. The monoisotopic (exact) mass is 241 g/mol. The van der Waals surface area contributed by atoms with Gasteiger partial charge in [-0.15, -0.1) is 11.6 Å². The van der Waals surface area contributed by atoms with E-state index >= 15 is 0 Å². The fourth-order valence-electron chi connectivity index (χ4n) is 0.982. The molecule has 6 heteroatoms. The normalized spacial score (nSPS) is 9.31. The minimum absolute atomic E-state index is 0.195. The van der Waals surface area contributed by atoms with E-state index in [0.717, 1.165) is 5.56 Å². The molecule has 1 aromatic carbocycles. The zero-order chi connectivity index (χ0) is 11.8. The SMILES string of the molecule is O=C(CCl)NNC(=O)NCc1ccccc1. The van der Waals surface area contributed by atoms with Gasteiger partial charge in [-0.2, -0.15) is 0 Å². The molecule has 3 N–H and O–H groups in total. The lowest BCUT2D eigenvalue weighted by Crippen LogP contribution is -2.47. The second-order valence-corrected chi connectivity index (χ2v) is 3.24. The van der Waals surface area contributed by atoms with Crippen LogP contribution < -0.4 is 16.2 Å². The minimum Gasteiger partial charge on any atom is -0.333 e. The summed E-state index contributed by atoms with van der Waals surface area (Å²) in [5.41, 5.74) is 5.28. The summed E-state index contributed by atoms with van der Waals surface area (Å²) in [6.45, 7) is 0.392. The third-order valence-corrected chi connectivity index (χ3v) is 1.98. The summed E-state index contributed by atoms with van der Waals surface area (Å²) >= 11 is 5.22. The largest absolute Gasteiger partial charge is 0.333 e. The number of hydrazine groups is 1. The molecule has 0 aliphatic carbocycles. The maximum atomic E-state index is 11.2. The molecule has 0 heterocycles. The zero-order valence-electron chi connectivity index (χ0n) is 8.50. The Kier molecular flexibility index (Phi) is 5.15. The van der Waals surface area contributed by atoms with Crippen molar-refractivity contribution < 1.29 is 9.59 Å². The topological polar surface area (TPSA) is 70.2 Å². The van der Waals surface area contributed by atoms with E-state index in [-0.39, 0.29) is 5.88 Å². The first-order chi connectivity index (χ1) is 7.72. The molecule has 86 valence electrons. The predicted octanol–water partition coefficient (Wildman–Crippen LogP) is 0.756. The van der Waals surface area contributed by atoms with Crippen molar-refractivity contribution in [3.8, 4) is 0 Å². The van der Waals surface area contributed by atoms with E-state index in [0.29, 0.717) is 6.54 Å². The van der Waals surface area contributed by atoms with E-state index in [2.05, 4.69) is 16.2 Å². The molecule has 1 aromatic rings. The number of benzene rings is 1. The molecule has 0 bridgehead atoms. The molecule has 0 atom stereocenters. The van der Waals surface area contributed by atoms with Gasteiger partial charge < -0.3 is 5.32 Å². The number of carbonyl (C=O) groups excluding carboxylic acids is 2. The number of amides is 3. The van der Waals surface area contributed by atoms with Crippen LogP contribution in [0.5, 0.6) is 0 Å². The van der Waals surface area contributed by atoms with E-state index in [1.807, 2.05) is 30.3 Å². The zero-order valence-corrected chi connectivity index (χ0v) is 9.25. The Bertz CT molecular complexity index is 356. The van der Waals surface area contributed by atoms with Crippen LogP contribution in [0.1, 0.15) is 5.56 Å². The molecule has 0 aromatic heterocycles. The molecule has 0 fully saturated rings. The van der Waals surface area contributed by atoms with Gasteiger partial charge in [-0.3, -0.25) is 10.2 Å². The summed E-state index contributed by atoms with van der Waals surface area (Å²) in [5.74, 6) is -0.657. The number of hydrogen-bond donors (Lipinski definition) is 3. The summed E-state index contributed by atoms with van der Waals surface area (Å²) in [5, 5.41) is 2.57. The molecule has 1 rings (SSSR count). The number of urea groups is 1. The number of alkyl halides is 1. The van der Waals surface area contributed by atoms with Crippen molar-refractivity contribution in [2.75, 3.05) is 5.88 Å². The Balaban J connectivity index is 2.23. The molecule has 0 spiro atoms. The van der Waals surface area contributed by atoms with Crippen LogP contribution in [0.2, 0.25) is 0 Å². The van der Waals surface area contributed by atoms with Crippen molar-refractivity contribution in [2.45, 2.75) is 6.54 Å². The number of rotatable bonds is 3. The lowest BCUT2D eigenvalue weighted by molar-refractivity contribution is -0.119. The fourth-order valence-corrected chi connectivity index (χ4v) is 1.05. The predicted molar refractivity (Wildman–Crippen MR) is 60.7 cm³/mol. The highest BCUT2D eigenvalue weighted by Gasteiger charge is 2.01. The molecule has 16 heavy (non-hydrogen) atoms. The van der Waals surface area contributed by atoms with Crippen LogP contribution in [0.25, 0.3) is 0 Å². The minimum atomic E-state index is -0.484. The third kappa shape index (κ3) is 4.65. The third-order valence-electron chi connectivity index (χ3n) is 1.73. The first-order valence-corrected chi connectivity index (χ1v) is 5.18. The lowest BCUT2D eigenvalue weighted by Gasteiger charge is -2.07. The standard InChI is InChI=1S/C10H12ClN3O2/c11-6-9(15)13-14-10(16)12-7-8-4-2-1-3-5-8/h1-5H,6-7H2,(H,13,15)(H2,12,14,16). The second kappa shape index (κ2) is 6.68. The van der Waals surface area contributed by atoms with Crippen LogP contribution in [0.15, 0.2) is 30.3 Å². The molecule has 5 nitrogen and oxygen atoms in total. The highest BCUT2D eigenvalue weighted by Crippen LogP contribution is 1.96. The van der Waals surface area contributed by atoms with Crippen molar-refractivity contribution in [1.82, 2.24) is 16.2 Å². The molecule has 0 saturated heterocycles. The van der Waals surface area contributed by atoms with Gasteiger partial charge in [0, 0.05) is 6.54 Å². The quantitative estimate of drug-likeness (QED) is 0.540. The Morgan fingerprint density at radius 2 is 1.81 bits per heavy atom. The number of nitrogens with one attached hydrogen (secondary N) is 3. The van der Waals surface area contributed by atoms with Crippen LogP contribution in [0.3, 0.4) is 0 Å². The maximum Gasteiger partial charge on any atom is 0.333 e. The van der Waals surface area contributed by atoms with Crippen molar-refractivity contribution in [2.24, 2.45) is 0 Å². The summed E-state index contributed by atoms with van der Waals surface area (Å²) in [4.78, 5) is 21.9. The molecule has 3 amide bonds. The smallest absolute Gasteiger partial charge is 0.333 e. The first kappa shape index (κ1) is 12.3. The van der Waals surface area contributed by atoms with Crippen LogP contribution >= 0.6 is 11.6 Å². The molecule has 0 aliphatic heterocycles. The fraction of sp³-hybridized carbons (Fsp3) is 0.200. The molecule has 0 radical (unpaired) electrons. The van der Waals surface area contributed by atoms with E-state index < -0.39 is 11.9 Å².